The zero-order valence-electron chi connectivity index (χ0n) is 14.4. The molecule has 3 N–H and O–H groups in total. The first-order valence-corrected chi connectivity index (χ1v) is 7.79. The van der Waals surface area contributed by atoms with Gasteiger partial charge in [0.25, 0.3) is 0 Å². The molecule has 0 unspecified atom stereocenters. The van der Waals surface area contributed by atoms with E-state index < -0.39 is 5.91 Å². The molecule has 0 spiro atoms. The van der Waals surface area contributed by atoms with Gasteiger partial charge in [0.2, 0.25) is 17.6 Å². The molecule has 1 amide bonds. The Hall–Kier alpha value is -3.55. The van der Waals surface area contributed by atoms with Gasteiger partial charge < -0.3 is 25.0 Å². The van der Waals surface area contributed by atoms with E-state index in [1.807, 2.05) is 6.07 Å². The number of anilines is 1. The average molecular weight is 354 g/mol. The predicted octanol–water partition coefficient (Wildman–Crippen LogP) is 2.46. The molecule has 1 heterocycles. The number of primary amides is 1. The van der Waals surface area contributed by atoms with Crippen molar-refractivity contribution in [1.82, 2.24) is 10.1 Å². The predicted molar refractivity (Wildman–Crippen MR) is 95.1 cm³/mol. The van der Waals surface area contributed by atoms with Gasteiger partial charge in [0.05, 0.1) is 20.8 Å². The number of nitrogens with zero attached hydrogens (tertiary/aromatic N) is 2. The first-order valence-electron chi connectivity index (χ1n) is 7.79. The number of nitrogens with one attached hydrogen (secondary N) is 1. The molecule has 2 aromatic carbocycles. The maximum absolute atomic E-state index is 11.1. The molecule has 8 nitrogen and oxygen atoms in total. The van der Waals surface area contributed by atoms with Gasteiger partial charge in [-0.15, -0.1) is 0 Å². The second-order valence-electron chi connectivity index (χ2n) is 5.38. The summed E-state index contributed by atoms with van der Waals surface area (Å²) in [7, 11) is 3.14. The van der Waals surface area contributed by atoms with Crippen molar-refractivity contribution >= 4 is 11.6 Å². The summed E-state index contributed by atoms with van der Waals surface area (Å²) < 4.78 is 15.8. The highest BCUT2D eigenvalue weighted by atomic mass is 16.5. The smallest absolute Gasteiger partial charge is 0.248 e. The lowest BCUT2D eigenvalue weighted by Crippen LogP contribution is -2.10. The lowest BCUT2D eigenvalue weighted by atomic mass is 10.2. The Balaban J connectivity index is 1.69. The van der Waals surface area contributed by atoms with Crippen molar-refractivity contribution in [3.63, 3.8) is 0 Å². The maximum Gasteiger partial charge on any atom is 0.248 e. The summed E-state index contributed by atoms with van der Waals surface area (Å²) in [5.41, 5.74) is 7.22. The number of ether oxygens (including phenoxy) is 2. The zero-order chi connectivity index (χ0) is 18.5. The van der Waals surface area contributed by atoms with Gasteiger partial charge in [-0.05, 0) is 42.5 Å². The van der Waals surface area contributed by atoms with Gasteiger partial charge in [0.1, 0.15) is 0 Å². The molecule has 0 atom stereocenters. The molecule has 0 aliphatic rings. The first kappa shape index (κ1) is 17.3. The molecule has 3 rings (SSSR count). The number of nitrogens with two attached hydrogens (primary N) is 1. The van der Waals surface area contributed by atoms with Crippen LogP contribution >= 0.6 is 0 Å². The van der Waals surface area contributed by atoms with Crippen LogP contribution in [0.15, 0.2) is 47.0 Å². The third-order valence-electron chi connectivity index (χ3n) is 3.72. The first-order chi connectivity index (χ1) is 12.6. The lowest BCUT2D eigenvalue weighted by molar-refractivity contribution is 0.100. The third kappa shape index (κ3) is 3.75. The Kier molecular flexibility index (Phi) is 5.02. The number of carbonyl (C=O) groups is 1. The van der Waals surface area contributed by atoms with E-state index in [1.165, 1.54) is 0 Å². The summed E-state index contributed by atoms with van der Waals surface area (Å²) in [5, 5.41) is 7.12. The number of methoxy groups -OCH3 is 2. The largest absolute Gasteiger partial charge is 0.493 e. The summed E-state index contributed by atoms with van der Waals surface area (Å²) in [6.07, 6.45) is 0. The summed E-state index contributed by atoms with van der Waals surface area (Å²) in [4.78, 5) is 15.4. The molecule has 134 valence electrons. The number of carbonyl (C=O) groups excluding carboxylic acids is 1. The Bertz CT molecular complexity index is 906. The topological polar surface area (TPSA) is 112 Å². The molecule has 0 aliphatic heterocycles. The minimum Gasteiger partial charge on any atom is -0.493 e. The van der Waals surface area contributed by atoms with Crippen LogP contribution in [0.1, 0.15) is 16.2 Å². The number of hydrogen-bond donors (Lipinski definition) is 2. The van der Waals surface area contributed by atoms with Gasteiger partial charge in [0, 0.05) is 16.8 Å². The van der Waals surface area contributed by atoms with Crippen LogP contribution in [0, 0.1) is 0 Å². The molecule has 0 fully saturated rings. The normalized spacial score (nSPS) is 10.4. The minimum absolute atomic E-state index is 0.343. The van der Waals surface area contributed by atoms with Crippen LogP contribution < -0.4 is 20.5 Å². The molecule has 0 radical (unpaired) electrons. The SMILES string of the molecule is COc1ccc(-c2noc(CNc3ccc(C(N)=O)cc3)n2)cc1OC. The highest BCUT2D eigenvalue weighted by molar-refractivity contribution is 5.93. The van der Waals surface area contributed by atoms with E-state index in [4.69, 9.17) is 19.7 Å². The van der Waals surface area contributed by atoms with Crippen LogP contribution in [0.2, 0.25) is 0 Å². The van der Waals surface area contributed by atoms with Crippen LogP contribution in [-0.2, 0) is 6.54 Å². The van der Waals surface area contributed by atoms with Gasteiger partial charge in [-0.3, -0.25) is 4.79 Å². The van der Waals surface area contributed by atoms with Crippen molar-refractivity contribution in [3.05, 3.63) is 53.9 Å². The van der Waals surface area contributed by atoms with E-state index in [1.54, 1.807) is 50.6 Å². The fourth-order valence-electron chi connectivity index (χ4n) is 2.35. The van der Waals surface area contributed by atoms with Crippen molar-refractivity contribution in [3.8, 4) is 22.9 Å². The number of amides is 1. The van der Waals surface area contributed by atoms with Crippen LogP contribution in [0.3, 0.4) is 0 Å². The van der Waals surface area contributed by atoms with Gasteiger partial charge in [-0.2, -0.15) is 4.98 Å². The molecule has 0 saturated heterocycles. The fraction of sp³-hybridized carbons (Fsp3) is 0.167. The lowest BCUT2D eigenvalue weighted by Gasteiger charge is -2.07. The highest BCUT2D eigenvalue weighted by Gasteiger charge is 2.12. The maximum atomic E-state index is 11.1. The van der Waals surface area contributed by atoms with Crippen LogP contribution in [0.25, 0.3) is 11.4 Å². The number of hydrogen-bond acceptors (Lipinski definition) is 7. The quantitative estimate of drug-likeness (QED) is 0.670. The van der Waals surface area contributed by atoms with Gasteiger partial charge >= 0.3 is 0 Å². The Morgan fingerprint density at radius 1 is 1.12 bits per heavy atom. The molecule has 0 aliphatic carbocycles. The van der Waals surface area contributed by atoms with E-state index in [0.717, 1.165) is 11.3 Å². The molecule has 0 saturated carbocycles. The van der Waals surface area contributed by atoms with E-state index in [-0.39, 0.29) is 0 Å². The highest BCUT2D eigenvalue weighted by Crippen LogP contribution is 2.31. The summed E-state index contributed by atoms with van der Waals surface area (Å²) in [5.74, 6) is 1.62. The van der Waals surface area contributed by atoms with Gasteiger partial charge in [0.15, 0.2) is 11.5 Å². The number of aromatic nitrogens is 2. The summed E-state index contributed by atoms with van der Waals surface area (Å²) in [6, 6.07) is 12.2. The van der Waals surface area contributed by atoms with Gasteiger partial charge in [-0.1, -0.05) is 5.16 Å². The van der Waals surface area contributed by atoms with Gasteiger partial charge in [-0.25, -0.2) is 0 Å². The van der Waals surface area contributed by atoms with Crippen molar-refractivity contribution in [1.29, 1.82) is 0 Å². The molecule has 26 heavy (non-hydrogen) atoms. The molecule has 0 bridgehead atoms. The van der Waals surface area contributed by atoms with Crippen LogP contribution in [-0.4, -0.2) is 30.3 Å². The van der Waals surface area contributed by atoms with Crippen molar-refractivity contribution < 1.29 is 18.8 Å². The Morgan fingerprint density at radius 3 is 2.50 bits per heavy atom. The van der Waals surface area contributed by atoms with E-state index in [2.05, 4.69) is 15.5 Å². The third-order valence-corrected chi connectivity index (χ3v) is 3.72. The number of benzene rings is 2. The molecule has 8 heteroatoms. The molecule has 1 aromatic heterocycles. The van der Waals surface area contributed by atoms with E-state index in [9.17, 15) is 4.79 Å². The molecule has 3 aromatic rings. The Labute approximate surface area is 149 Å². The Morgan fingerprint density at radius 2 is 1.85 bits per heavy atom. The standard InChI is InChI=1S/C18H18N4O4/c1-24-14-8-5-12(9-15(14)25-2)18-21-16(26-22-18)10-20-13-6-3-11(4-7-13)17(19)23/h3-9,20H,10H2,1-2H3,(H2,19,23). The summed E-state index contributed by atoms with van der Waals surface area (Å²) in [6.45, 7) is 0.343. The van der Waals surface area contributed by atoms with Crippen LogP contribution in [0.4, 0.5) is 5.69 Å². The van der Waals surface area contributed by atoms with Crippen molar-refractivity contribution in [2.75, 3.05) is 19.5 Å². The zero-order valence-corrected chi connectivity index (χ0v) is 14.4. The second kappa shape index (κ2) is 7.56. The van der Waals surface area contributed by atoms with Crippen molar-refractivity contribution in [2.45, 2.75) is 6.54 Å². The van der Waals surface area contributed by atoms with E-state index in [0.29, 0.717) is 35.3 Å². The van der Waals surface area contributed by atoms with Crippen molar-refractivity contribution in [2.24, 2.45) is 5.73 Å². The molecular formula is C18H18N4O4. The second-order valence-corrected chi connectivity index (χ2v) is 5.38. The van der Waals surface area contributed by atoms with E-state index >= 15 is 0 Å². The monoisotopic (exact) mass is 354 g/mol. The minimum atomic E-state index is -0.465. The average Bonchev–Trinajstić information content (AvgIpc) is 3.15. The molecular weight excluding hydrogens is 336 g/mol. The summed E-state index contributed by atoms with van der Waals surface area (Å²) >= 11 is 0. The fourth-order valence-corrected chi connectivity index (χ4v) is 2.35. The number of rotatable bonds is 7. The van der Waals surface area contributed by atoms with Crippen LogP contribution in [0.5, 0.6) is 11.5 Å².